The SMILES string of the molecule is CCNCC(=O)NC1CCCCC1C(C)(C)C. The molecule has 2 atom stereocenters. The fourth-order valence-corrected chi connectivity index (χ4v) is 2.84. The zero-order valence-electron chi connectivity index (χ0n) is 11.8. The van der Waals surface area contributed by atoms with Crippen LogP contribution in [0.3, 0.4) is 0 Å². The van der Waals surface area contributed by atoms with Gasteiger partial charge >= 0.3 is 0 Å². The Bertz CT molecular complexity index is 245. The molecule has 2 unspecified atom stereocenters. The summed E-state index contributed by atoms with van der Waals surface area (Å²) in [5, 5.41) is 6.29. The van der Waals surface area contributed by atoms with E-state index in [1.54, 1.807) is 0 Å². The summed E-state index contributed by atoms with van der Waals surface area (Å²) in [4.78, 5) is 11.8. The number of nitrogens with one attached hydrogen (secondary N) is 2. The second kappa shape index (κ2) is 6.39. The molecule has 100 valence electrons. The molecule has 1 amide bonds. The van der Waals surface area contributed by atoms with Crippen molar-refractivity contribution in [1.82, 2.24) is 10.6 Å². The van der Waals surface area contributed by atoms with Crippen LogP contribution in [0.1, 0.15) is 53.4 Å². The van der Waals surface area contributed by atoms with Crippen molar-refractivity contribution in [3.63, 3.8) is 0 Å². The van der Waals surface area contributed by atoms with Crippen LogP contribution >= 0.6 is 0 Å². The highest BCUT2D eigenvalue weighted by Gasteiger charge is 2.34. The highest BCUT2D eigenvalue weighted by atomic mass is 16.1. The van der Waals surface area contributed by atoms with Gasteiger partial charge in [0.25, 0.3) is 0 Å². The Labute approximate surface area is 106 Å². The monoisotopic (exact) mass is 240 g/mol. The van der Waals surface area contributed by atoms with Gasteiger partial charge in [-0.15, -0.1) is 0 Å². The summed E-state index contributed by atoms with van der Waals surface area (Å²) in [7, 11) is 0. The lowest BCUT2D eigenvalue weighted by molar-refractivity contribution is -0.121. The maximum atomic E-state index is 11.8. The van der Waals surface area contributed by atoms with Crippen molar-refractivity contribution >= 4 is 5.91 Å². The molecule has 0 heterocycles. The Balaban J connectivity index is 2.51. The third kappa shape index (κ3) is 4.66. The van der Waals surface area contributed by atoms with Gasteiger partial charge < -0.3 is 10.6 Å². The van der Waals surface area contributed by atoms with Crippen LogP contribution < -0.4 is 10.6 Å². The number of carbonyl (C=O) groups excluding carboxylic acids is 1. The number of amides is 1. The molecule has 17 heavy (non-hydrogen) atoms. The third-order valence-electron chi connectivity index (χ3n) is 3.76. The number of likely N-dealkylation sites (N-methyl/N-ethyl adjacent to an activating group) is 1. The van der Waals surface area contributed by atoms with Crippen molar-refractivity contribution < 1.29 is 4.79 Å². The molecule has 1 aliphatic rings. The quantitative estimate of drug-likeness (QED) is 0.792. The largest absolute Gasteiger partial charge is 0.352 e. The standard InChI is InChI=1S/C14H28N2O/c1-5-15-10-13(17)16-12-9-7-6-8-11(12)14(2,3)4/h11-12,15H,5-10H2,1-4H3,(H,16,17). The first-order valence-electron chi connectivity index (χ1n) is 6.95. The van der Waals surface area contributed by atoms with Crippen molar-refractivity contribution in [2.75, 3.05) is 13.1 Å². The van der Waals surface area contributed by atoms with Crippen LogP contribution in [0.15, 0.2) is 0 Å². The summed E-state index contributed by atoms with van der Waals surface area (Å²) in [6.07, 6.45) is 4.94. The molecule has 1 rings (SSSR count). The van der Waals surface area contributed by atoms with Gasteiger partial charge in [0.15, 0.2) is 0 Å². The summed E-state index contributed by atoms with van der Waals surface area (Å²) in [6, 6.07) is 0.370. The molecule has 0 bridgehead atoms. The molecule has 0 spiro atoms. The summed E-state index contributed by atoms with van der Waals surface area (Å²) in [5.41, 5.74) is 0.288. The number of rotatable bonds is 4. The molecule has 2 N–H and O–H groups in total. The molecule has 3 nitrogen and oxygen atoms in total. The van der Waals surface area contributed by atoms with E-state index in [1.807, 2.05) is 6.92 Å². The maximum absolute atomic E-state index is 11.8. The highest BCUT2D eigenvalue weighted by molar-refractivity contribution is 5.78. The van der Waals surface area contributed by atoms with E-state index >= 15 is 0 Å². The van der Waals surface area contributed by atoms with Gasteiger partial charge in [-0.05, 0) is 30.7 Å². The number of carbonyl (C=O) groups is 1. The van der Waals surface area contributed by atoms with E-state index < -0.39 is 0 Å². The van der Waals surface area contributed by atoms with Crippen LogP contribution in [0.2, 0.25) is 0 Å². The summed E-state index contributed by atoms with van der Waals surface area (Å²) < 4.78 is 0. The Kier molecular flexibility index (Phi) is 5.44. The zero-order chi connectivity index (χ0) is 12.9. The van der Waals surface area contributed by atoms with E-state index in [0.717, 1.165) is 13.0 Å². The van der Waals surface area contributed by atoms with Gasteiger partial charge in [-0.1, -0.05) is 40.5 Å². The van der Waals surface area contributed by atoms with Crippen molar-refractivity contribution in [3.8, 4) is 0 Å². The number of hydrogen-bond donors (Lipinski definition) is 2. The molecule has 0 aliphatic heterocycles. The van der Waals surface area contributed by atoms with E-state index in [9.17, 15) is 4.79 Å². The first-order valence-corrected chi connectivity index (χ1v) is 6.95. The van der Waals surface area contributed by atoms with Gasteiger partial charge in [-0.2, -0.15) is 0 Å². The van der Waals surface area contributed by atoms with E-state index in [4.69, 9.17) is 0 Å². The second-order valence-corrected chi connectivity index (χ2v) is 6.21. The normalized spacial score (nSPS) is 25.6. The zero-order valence-corrected chi connectivity index (χ0v) is 11.8. The van der Waals surface area contributed by atoms with Gasteiger partial charge in [-0.25, -0.2) is 0 Å². The number of hydrogen-bond acceptors (Lipinski definition) is 2. The van der Waals surface area contributed by atoms with E-state index in [0.29, 0.717) is 18.5 Å². The molecule has 0 saturated heterocycles. The first-order chi connectivity index (χ1) is 7.95. The topological polar surface area (TPSA) is 41.1 Å². The van der Waals surface area contributed by atoms with Gasteiger partial charge in [0.1, 0.15) is 0 Å². The van der Waals surface area contributed by atoms with Crippen molar-refractivity contribution in [1.29, 1.82) is 0 Å². The van der Waals surface area contributed by atoms with Crippen molar-refractivity contribution in [3.05, 3.63) is 0 Å². The van der Waals surface area contributed by atoms with E-state index in [1.165, 1.54) is 19.3 Å². The lowest BCUT2D eigenvalue weighted by Gasteiger charge is -2.40. The second-order valence-electron chi connectivity index (χ2n) is 6.21. The van der Waals surface area contributed by atoms with Crippen LogP contribution in [0, 0.1) is 11.3 Å². The minimum Gasteiger partial charge on any atom is -0.352 e. The molecule has 1 aliphatic carbocycles. The molecule has 0 aromatic heterocycles. The fraction of sp³-hybridized carbons (Fsp3) is 0.929. The van der Waals surface area contributed by atoms with Crippen LogP contribution in [-0.4, -0.2) is 25.0 Å². The summed E-state index contributed by atoms with van der Waals surface area (Å²) in [5.74, 6) is 0.759. The summed E-state index contributed by atoms with van der Waals surface area (Å²) in [6.45, 7) is 10.2. The Morgan fingerprint density at radius 3 is 2.47 bits per heavy atom. The van der Waals surface area contributed by atoms with E-state index in [-0.39, 0.29) is 11.3 Å². The Morgan fingerprint density at radius 2 is 1.88 bits per heavy atom. The average molecular weight is 240 g/mol. The molecule has 1 fully saturated rings. The Hall–Kier alpha value is -0.570. The molecule has 3 heteroatoms. The first kappa shape index (κ1) is 14.5. The minimum absolute atomic E-state index is 0.146. The molecule has 0 aromatic carbocycles. The molecular formula is C14H28N2O. The van der Waals surface area contributed by atoms with Crippen LogP contribution in [0.4, 0.5) is 0 Å². The molecule has 0 radical (unpaired) electrons. The van der Waals surface area contributed by atoms with Gasteiger partial charge in [0, 0.05) is 6.04 Å². The maximum Gasteiger partial charge on any atom is 0.234 e. The average Bonchev–Trinajstić information content (AvgIpc) is 2.25. The summed E-state index contributed by atoms with van der Waals surface area (Å²) >= 11 is 0. The minimum atomic E-state index is 0.146. The Morgan fingerprint density at radius 1 is 1.24 bits per heavy atom. The van der Waals surface area contributed by atoms with Crippen molar-refractivity contribution in [2.24, 2.45) is 11.3 Å². The third-order valence-corrected chi connectivity index (χ3v) is 3.76. The van der Waals surface area contributed by atoms with Crippen LogP contribution in [0.25, 0.3) is 0 Å². The molecule has 0 aromatic rings. The van der Waals surface area contributed by atoms with Gasteiger partial charge in [0.2, 0.25) is 5.91 Å². The van der Waals surface area contributed by atoms with Gasteiger partial charge in [-0.3, -0.25) is 4.79 Å². The molecular weight excluding hydrogens is 212 g/mol. The predicted octanol–water partition coefficient (Wildman–Crippen LogP) is 2.32. The van der Waals surface area contributed by atoms with Gasteiger partial charge in [0.05, 0.1) is 6.54 Å². The smallest absolute Gasteiger partial charge is 0.234 e. The molecule has 1 saturated carbocycles. The van der Waals surface area contributed by atoms with Crippen LogP contribution in [-0.2, 0) is 4.79 Å². The van der Waals surface area contributed by atoms with Crippen molar-refractivity contribution in [2.45, 2.75) is 59.4 Å². The highest BCUT2D eigenvalue weighted by Crippen LogP contribution is 2.37. The lowest BCUT2D eigenvalue weighted by Crippen LogP contribution is -2.48. The fourth-order valence-electron chi connectivity index (χ4n) is 2.84. The predicted molar refractivity (Wildman–Crippen MR) is 71.9 cm³/mol. The van der Waals surface area contributed by atoms with E-state index in [2.05, 4.69) is 31.4 Å². The lowest BCUT2D eigenvalue weighted by atomic mass is 9.69. The van der Waals surface area contributed by atoms with Crippen LogP contribution in [0.5, 0.6) is 0 Å².